The maximum absolute atomic E-state index is 12.7. The van der Waals surface area contributed by atoms with Crippen molar-refractivity contribution in [3.8, 4) is 0 Å². The zero-order valence-corrected chi connectivity index (χ0v) is 14.0. The van der Waals surface area contributed by atoms with Crippen LogP contribution in [-0.2, 0) is 11.3 Å². The molecule has 1 aliphatic rings. The highest BCUT2D eigenvalue weighted by atomic mass is 16.4. The van der Waals surface area contributed by atoms with E-state index < -0.39 is 17.8 Å². The van der Waals surface area contributed by atoms with E-state index in [1.54, 1.807) is 12.3 Å². The van der Waals surface area contributed by atoms with Gasteiger partial charge < -0.3 is 14.6 Å². The van der Waals surface area contributed by atoms with Crippen molar-refractivity contribution in [2.75, 3.05) is 13.1 Å². The van der Waals surface area contributed by atoms with Crippen LogP contribution in [0.15, 0.2) is 47.4 Å². The number of hydrogen-bond donors (Lipinski definition) is 1. The third-order valence-corrected chi connectivity index (χ3v) is 4.51. The fourth-order valence-corrected chi connectivity index (χ4v) is 3.15. The molecule has 1 aromatic heterocycles. The van der Waals surface area contributed by atoms with E-state index in [1.165, 1.54) is 15.5 Å². The van der Waals surface area contributed by atoms with Crippen LogP contribution in [0.3, 0.4) is 0 Å². The number of nitrogens with zero attached hydrogens (tertiary/aromatic N) is 2. The summed E-state index contributed by atoms with van der Waals surface area (Å²) in [6, 6.07) is 11.0. The second-order valence-corrected chi connectivity index (χ2v) is 6.42. The van der Waals surface area contributed by atoms with Crippen molar-refractivity contribution in [3.63, 3.8) is 0 Å². The Labute approximate surface area is 145 Å². The first-order chi connectivity index (χ1) is 12.0. The molecule has 2 aromatic rings. The predicted molar refractivity (Wildman–Crippen MR) is 92.6 cm³/mol. The molecular weight excluding hydrogens is 320 g/mol. The van der Waals surface area contributed by atoms with E-state index in [-0.39, 0.29) is 17.7 Å². The van der Waals surface area contributed by atoms with Gasteiger partial charge in [0.25, 0.3) is 11.5 Å². The molecule has 3 rings (SSSR count). The van der Waals surface area contributed by atoms with Gasteiger partial charge in [0.1, 0.15) is 5.56 Å². The van der Waals surface area contributed by atoms with Crippen LogP contribution in [0, 0.1) is 12.8 Å². The van der Waals surface area contributed by atoms with Crippen molar-refractivity contribution in [1.29, 1.82) is 0 Å². The maximum atomic E-state index is 12.7. The van der Waals surface area contributed by atoms with Gasteiger partial charge in [-0.1, -0.05) is 29.8 Å². The number of rotatable bonds is 4. The molecule has 1 aromatic carbocycles. The van der Waals surface area contributed by atoms with Crippen LogP contribution in [0.1, 0.15) is 27.9 Å². The average Bonchev–Trinajstić information content (AvgIpc) is 3.07. The molecule has 1 saturated heterocycles. The van der Waals surface area contributed by atoms with Crippen molar-refractivity contribution >= 4 is 11.9 Å². The van der Waals surface area contributed by atoms with Gasteiger partial charge in [0.15, 0.2) is 0 Å². The fraction of sp³-hybridized carbons (Fsp3) is 0.316. The van der Waals surface area contributed by atoms with Crippen molar-refractivity contribution in [2.45, 2.75) is 19.9 Å². The first-order valence-electron chi connectivity index (χ1n) is 8.23. The molecule has 1 aliphatic heterocycles. The summed E-state index contributed by atoms with van der Waals surface area (Å²) in [5.41, 5.74) is 1.82. The van der Waals surface area contributed by atoms with E-state index >= 15 is 0 Å². The molecular formula is C19H20N2O4. The van der Waals surface area contributed by atoms with Gasteiger partial charge in [0, 0.05) is 19.3 Å². The van der Waals surface area contributed by atoms with E-state index in [0.717, 1.165) is 11.1 Å². The molecule has 1 atom stereocenters. The van der Waals surface area contributed by atoms with Gasteiger partial charge in [0.05, 0.1) is 12.5 Å². The number of pyridine rings is 1. The van der Waals surface area contributed by atoms with Crippen LogP contribution in [0.25, 0.3) is 0 Å². The molecule has 0 spiro atoms. The number of carbonyl (C=O) groups is 2. The van der Waals surface area contributed by atoms with Crippen molar-refractivity contribution in [2.24, 2.45) is 5.92 Å². The monoisotopic (exact) mass is 340 g/mol. The van der Waals surface area contributed by atoms with E-state index in [1.807, 2.05) is 31.2 Å². The summed E-state index contributed by atoms with van der Waals surface area (Å²) >= 11 is 0. The molecule has 6 heteroatoms. The Bertz CT molecular complexity index is 872. The van der Waals surface area contributed by atoms with E-state index in [0.29, 0.717) is 19.5 Å². The number of carboxylic acid groups (broad SMARTS) is 1. The Kier molecular flexibility index (Phi) is 4.70. The Morgan fingerprint density at radius 2 is 2.04 bits per heavy atom. The molecule has 6 nitrogen and oxygen atoms in total. The number of benzene rings is 1. The van der Waals surface area contributed by atoms with Gasteiger partial charge in [-0.05, 0) is 31.0 Å². The van der Waals surface area contributed by atoms with Crippen LogP contribution in [0.4, 0.5) is 0 Å². The predicted octanol–water partition coefficient (Wildman–Crippen LogP) is 1.75. The minimum absolute atomic E-state index is 0.0844. The number of aryl methyl sites for hydroxylation is 1. The normalized spacial score (nSPS) is 16.8. The van der Waals surface area contributed by atoms with Gasteiger partial charge in [-0.25, -0.2) is 0 Å². The summed E-state index contributed by atoms with van der Waals surface area (Å²) < 4.78 is 1.51. The lowest BCUT2D eigenvalue weighted by Crippen LogP contribution is -2.35. The third-order valence-electron chi connectivity index (χ3n) is 4.51. The zero-order valence-electron chi connectivity index (χ0n) is 14.0. The summed E-state index contributed by atoms with van der Waals surface area (Å²) in [5, 5.41) is 9.06. The zero-order chi connectivity index (χ0) is 18.0. The van der Waals surface area contributed by atoms with Gasteiger partial charge in [-0.15, -0.1) is 0 Å². The second-order valence-electron chi connectivity index (χ2n) is 6.42. The molecule has 0 bridgehead atoms. The molecule has 2 heterocycles. The van der Waals surface area contributed by atoms with Crippen LogP contribution in [-0.4, -0.2) is 39.5 Å². The molecule has 130 valence electrons. The van der Waals surface area contributed by atoms with Gasteiger partial charge in [-0.3, -0.25) is 14.4 Å². The molecule has 1 fully saturated rings. The second kappa shape index (κ2) is 6.93. The number of likely N-dealkylation sites (tertiary alicyclic amines) is 1. The highest BCUT2D eigenvalue weighted by Gasteiger charge is 2.32. The van der Waals surface area contributed by atoms with Crippen LogP contribution >= 0.6 is 0 Å². The topological polar surface area (TPSA) is 79.6 Å². The summed E-state index contributed by atoms with van der Waals surface area (Å²) in [7, 11) is 0. The lowest BCUT2D eigenvalue weighted by atomic mass is 10.1. The van der Waals surface area contributed by atoms with Gasteiger partial charge in [0.2, 0.25) is 0 Å². The first kappa shape index (κ1) is 17.0. The third kappa shape index (κ3) is 3.63. The average molecular weight is 340 g/mol. The number of hydrogen-bond acceptors (Lipinski definition) is 3. The van der Waals surface area contributed by atoms with Crippen molar-refractivity contribution < 1.29 is 14.7 Å². The van der Waals surface area contributed by atoms with Gasteiger partial charge >= 0.3 is 5.97 Å². The van der Waals surface area contributed by atoms with E-state index in [4.69, 9.17) is 5.11 Å². The quantitative estimate of drug-likeness (QED) is 0.920. The van der Waals surface area contributed by atoms with E-state index in [2.05, 4.69) is 0 Å². The number of aliphatic carboxylic acids is 1. The van der Waals surface area contributed by atoms with Crippen molar-refractivity contribution in [3.05, 3.63) is 69.6 Å². The van der Waals surface area contributed by atoms with E-state index in [9.17, 15) is 14.4 Å². The lowest BCUT2D eigenvalue weighted by molar-refractivity contribution is -0.141. The fourth-order valence-electron chi connectivity index (χ4n) is 3.15. The minimum Gasteiger partial charge on any atom is -0.481 e. The summed E-state index contributed by atoms with van der Waals surface area (Å²) in [5.74, 6) is -1.85. The molecule has 0 saturated carbocycles. The highest BCUT2D eigenvalue weighted by molar-refractivity contribution is 5.94. The summed E-state index contributed by atoms with van der Waals surface area (Å²) in [4.78, 5) is 37.8. The Hall–Kier alpha value is -2.89. The molecule has 0 aliphatic carbocycles. The smallest absolute Gasteiger partial charge is 0.308 e. The molecule has 1 amide bonds. The number of amides is 1. The Balaban J connectivity index is 1.83. The Morgan fingerprint density at radius 1 is 1.24 bits per heavy atom. The Morgan fingerprint density at radius 3 is 2.72 bits per heavy atom. The SMILES string of the molecule is Cc1cccc(Cn2cccc(C(=O)N3CCC(C(=O)O)C3)c2=O)c1. The molecule has 1 N–H and O–H groups in total. The first-order valence-corrected chi connectivity index (χ1v) is 8.23. The maximum Gasteiger partial charge on any atom is 0.308 e. The summed E-state index contributed by atoms with van der Waals surface area (Å²) in [6.07, 6.45) is 2.08. The highest BCUT2D eigenvalue weighted by Crippen LogP contribution is 2.18. The minimum atomic E-state index is -0.903. The number of aromatic nitrogens is 1. The molecule has 25 heavy (non-hydrogen) atoms. The number of carbonyl (C=O) groups excluding carboxylic acids is 1. The lowest BCUT2D eigenvalue weighted by Gasteiger charge is -2.16. The molecule has 0 radical (unpaired) electrons. The summed E-state index contributed by atoms with van der Waals surface area (Å²) in [6.45, 7) is 2.89. The van der Waals surface area contributed by atoms with Crippen LogP contribution in [0.5, 0.6) is 0 Å². The molecule has 1 unspecified atom stereocenters. The van der Waals surface area contributed by atoms with Gasteiger partial charge in [-0.2, -0.15) is 0 Å². The van der Waals surface area contributed by atoms with Crippen LogP contribution in [0.2, 0.25) is 0 Å². The number of carboxylic acids is 1. The largest absolute Gasteiger partial charge is 0.481 e. The standard InChI is InChI=1S/C19H20N2O4/c1-13-4-2-5-14(10-13)11-20-8-3-6-16(17(20)22)18(23)21-9-7-15(12-21)19(24)25/h2-6,8,10,15H,7,9,11-12H2,1H3,(H,24,25). The van der Waals surface area contributed by atoms with Crippen molar-refractivity contribution in [1.82, 2.24) is 9.47 Å². The van der Waals surface area contributed by atoms with Crippen LogP contribution < -0.4 is 5.56 Å².